The number of hydrogen-bond donors (Lipinski definition) is 2. The normalized spacial score (nSPS) is 10.1. The van der Waals surface area contributed by atoms with Gasteiger partial charge in [0.05, 0.1) is 19.0 Å². The van der Waals surface area contributed by atoms with Gasteiger partial charge in [-0.2, -0.15) is 0 Å². The number of nitrogens with zero attached hydrogens (tertiary/aromatic N) is 1. The fourth-order valence-electron chi connectivity index (χ4n) is 1.91. The molecule has 0 fully saturated rings. The summed E-state index contributed by atoms with van der Waals surface area (Å²) in [5.74, 6) is 0.673. The minimum absolute atomic E-state index is 0.135. The Morgan fingerprint density at radius 2 is 1.86 bits per heavy atom. The number of nitrogens with one attached hydrogen (secondary N) is 2. The van der Waals surface area contributed by atoms with Crippen molar-refractivity contribution in [3.05, 3.63) is 48.3 Å². The average Bonchev–Trinajstić information content (AvgIpc) is 2.56. The second-order valence-electron chi connectivity index (χ2n) is 4.90. The second kappa shape index (κ2) is 8.02. The van der Waals surface area contributed by atoms with Crippen LogP contribution < -0.4 is 15.4 Å². The van der Waals surface area contributed by atoms with Gasteiger partial charge in [0.15, 0.2) is 0 Å². The molecule has 0 unspecified atom stereocenters. The number of carbonyl (C=O) groups excluding carboxylic acids is 1. The van der Waals surface area contributed by atoms with Crippen LogP contribution in [0.1, 0.15) is 30.3 Å². The van der Waals surface area contributed by atoms with E-state index < -0.39 is 0 Å². The van der Waals surface area contributed by atoms with Gasteiger partial charge in [0.25, 0.3) is 5.91 Å². The Morgan fingerprint density at radius 1 is 1.14 bits per heavy atom. The Kier molecular flexibility index (Phi) is 5.77. The third-order valence-electron chi connectivity index (χ3n) is 3.19. The van der Waals surface area contributed by atoms with Gasteiger partial charge in [-0.15, -0.1) is 0 Å². The van der Waals surface area contributed by atoms with Gasteiger partial charge in [0, 0.05) is 12.2 Å². The van der Waals surface area contributed by atoms with Gasteiger partial charge in [0.2, 0.25) is 0 Å². The zero-order valence-electron chi connectivity index (χ0n) is 12.9. The van der Waals surface area contributed by atoms with E-state index in [0.717, 1.165) is 30.0 Å². The van der Waals surface area contributed by atoms with E-state index in [9.17, 15) is 4.79 Å². The lowest BCUT2D eigenvalue weighted by Crippen LogP contribution is -2.25. The zero-order chi connectivity index (χ0) is 15.8. The number of hydrogen-bond acceptors (Lipinski definition) is 4. The second-order valence-corrected chi connectivity index (χ2v) is 4.90. The molecule has 2 aromatic rings. The van der Waals surface area contributed by atoms with Crippen molar-refractivity contribution in [2.24, 2.45) is 0 Å². The molecule has 1 aromatic heterocycles. The Labute approximate surface area is 130 Å². The fourth-order valence-corrected chi connectivity index (χ4v) is 1.91. The monoisotopic (exact) mass is 299 g/mol. The largest absolute Gasteiger partial charge is 0.497 e. The van der Waals surface area contributed by atoms with Gasteiger partial charge < -0.3 is 15.4 Å². The van der Waals surface area contributed by atoms with Crippen LogP contribution >= 0.6 is 0 Å². The summed E-state index contributed by atoms with van der Waals surface area (Å²) in [6, 6.07) is 11.2. The number of aromatic nitrogens is 1. The summed E-state index contributed by atoms with van der Waals surface area (Å²) in [6.07, 6.45) is 3.68. The molecule has 116 valence electrons. The van der Waals surface area contributed by atoms with E-state index in [0.29, 0.717) is 12.2 Å². The van der Waals surface area contributed by atoms with Gasteiger partial charge in [-0.25, -0.2) is 4.98 Å². The molecule has 5 heteroatoms. The smallest absolute Gasteiger partial charge is 0.269 e. The number of ether oxygens (including phenoxy) is 1. The number of carbonyl (C=O) groups is 1. The van der Waals surface area contributed by atoms with E-state index in [1.54, 1.807) is 19.4 Å². The van der Waals surface area contributed by atoms with Crippen LogP contribution in [0.15, 0.2) is 42.6 Å². The predicted molar refractivity (Wildman–Crippen MR) is 87.8 cm³/mol. The molecular weight excluding hydrogens is 278 g/mol. The summed E-state index contributed by atoms with van der Waals surface area (Å²) in [5, 5.41) is 6.07. The molecule has 0 aliphatic rings. The van der Waals surface area contributed by atoms with Gasteiger partial charge in [-0.3, -0.25) is 4.79 Å². The molecule has 0 aliphatic carbocycles. The highest BCUT2D eigenvalue weighted by atomic mass is 16.5. The summed E-state index contributed by atoms with van der Waals surface area (Å²) in [5.41, 5.74) is 2.19. The molecule has 22 heavy (non-hydrogen) atoms. The zero-order valence-corrected chi connectivity index (χ0v) is 12.9. The Hall–Kier alpha value is -2.56. The van der Waals surface area contributed by atoms with Crippen LogP contribution in [-0.4, -0.2) is 24.5 Å². The summed E-state index contributed by atoms with van der Waals surface area (Å²) in [4.78, 5) is 16.0. The van der Waals surface area contributed by atoms with Crippen molar-refractivity contribution in [2.45, 2.75) is 19.8 Å². The first-order chi connectivity index (χ1) is 10.7. The molecular formula is C17H21N3O2. The van der Waals surface area contributed by atoms with E-state index in [1.165, 1.54) is 0 Å². The summed E-state index contributed by atoms with van der Waals surface area (Å²) in [6.45, 7) is 2.77. The molecule has 1 amide bonds. The Morgan fingerprint density at radius 3 is 2.45 bits per heavy atom. The standard InChI is InChI=1S/C17H21N3O2/c1-3-4-11-18-17(21)16-10-7-14(12-19-16)20-13-5-8-15(22-2)9-6-13/h5-10,12,20H,3-4,11H2,1-2H3,(H,18,21). The van der Waals surface area contributed by atoms with Crippen LogP contribution in [-0.2, 0) is 0 Å². The average molecular weight is 299 g/mol. The number of anilines is 2. The van der Waals surface area contributed by atoms with Crippen molar-refractivity contribution < 1.29 is 9.53 Å². The summed E-state index contributed by atoms with van der Waals surface area (Å²) in [7, 11) is 1.64. The molecule has 0 bridgehead atoms. The maximum atomic E-state index is 11.9. The minimum Gasteiger partial charge on any atom is -0.497 e. The number of pyridine rings is 1. The molecule has 0 aliphatic heterocycles. The highest BCUT2D eigenvalue weighted by Crippen LogP contribution is 2.19. The predicted octanol–water partition coefficient (Wildman–Crippen LogP) is 3.36. The Bertz CT molecular complexity index is 594. The quantitative estimate of drug-likeness (QED) is 0.769. The fraction of sp³-hybridized carbons (Fsp3) is 0.294. The van der Waals surface area contributed by atoms with E-state index in [-0.39, 0.29) is 5.91 Å². The van der Waals surface area contributed by atoms with E-state index in [1.807, 2.05) is 30.3 Å². The lowest BCUT2D eigenvalue weighted by Gasteiger charge is -2.08. The van der Waals surface area contributed by atoms with Crippen molar-refractivity contribution in [3.8, 4) is 5.75 Å². The maximum absolute atomic E-state index is 11.9. The van der Waals surface area contributed by atoms with Crippen LogP contribution in [0.5, 0.6) is 5.75 Å². The molecule has 0 saturated carbocycles. The van der Waals surface area contributed by atoms with E-state index in [2.05, 4.69) is 22.5 Å². The number of unbranched alkanes of at least 4 members (excludes halogenated alkanes) is 1. The molecule has 0 saturated heterocycles. The highest BCUT2D eigenvalue weighted by molar-refractivity contribution is 5.92. The van der Waals surface area contributed by atoms with Gasteiger partial charge in [0.1, 0.15) is 11.4 Å². The SMILES string of the molecule is CCCCNC(=O)c1ccc(Nc2ccc(OC)cc2)cn1. The first kappa shape index (κ1) is 15.8. The number of amides is 1. The van der Waals surface area contributed by atoms with Crippen molar-refractivity contribution in [3.63, 3.8) is 0 Å². The van der Waals surface area contributed by atoms with Crippen molar-refractivity contribution in [1.29, 1.82) is 0 Å². The van der Waals surface area contributed by atoms with Crippen LogP contribution in [0.3, 0.4) is 0 Å². The molecule has 1 heterocycles. The van der Waals surface area contributed by atoms with Crippen molar-refractivity contribution in [2.75, 3.05) is 19.0 Å². The van der Waals surface area contributed by atoms with Crippen LogP contribution in [0.4, 0.5) is 11.4 Å². The van der Waals surface area contributed by atoms with Gasteiger partial charge in [-0.05, 0) is 42.8 Å². The molecule has 2 N–H and O–H groups in total. The lowest BCUT2D eigenvalue weighted by atomic mass is 10.2. The number of rotatable bonds is 7. The third kappa shape index (κ3) is 4.48. The summed E-state index contributed by atoms with van der Waals surface area (Å²) >= 11 is 0. The maximum Gasteiger partial charge on any atom is 0.269 e. The third-order valence-corrected chi connectivity index (χ3v) is 3.19. The summed E-state index contributed by atoms with van der Waals surface area (Å²) < 4.78 is 5.12. The first-order valence-corrected chi connectivity index (χ1v) is 7.38. The topological polar surface area (TPSA) is 63.2 Å². The molecule has 1 aromatic carbocycles. The lowest BCUT2D eigenvalue weighted by molar-refractivity contribution is 0.0948. The van der Waals surface area contributed by atoms with Gasteiger partial charge >= 0.3 is 0 Å². The number of benzene rings is 1. The molecule has 5 nitrogen and oxygen atoms in total. The first-order valence-electron chi connectivity index (χ1n) is 7.38. The number of methoxy groups -OCH3 is 1. The van der Waals surface area contributed by atoms with Crippen LogP contribution in [0.2, 0.25) is 0 Å². The Balaban J connectivity index is 1.94. The van der Waals surface area contributed by atoms with Crippen molar-refractivity contribution in [1.82, 2.24) is 10.3 Å². The van der Waals surface area contributed by atoms with Crippen LogP contribution in [0, 0.1) is 0 Å². The molecule has 2 rings (SSSR count). The van der Waals surface area contributed by atoms with Crippen molar-refractivity contribution >= 4 is 17.3 Å². The van der Waals surface area contributed by atoms with E-state index in [4.69, 9.17) is 4.74 Å². The van der Waals surface area contributed by atoms with Gasteiger partial charge in [-0.1, -0.05) is 13.3 Å². The molecule has 0 radical (unpaired) electrons. The molecule has 0 atom stereocenters. The molecule has 0 spiro atoms. The van der Waals surface area contributed by atoms with Crippen LogP contribution in [0.25, 0.3) is 0 Å². The minimum atomic E-state index is -0.135. The van der Waals surface area contributed by atoms with E-state index >= 15 is 0 Å². The highest BCUT2D eigenvalue weighted by Gasteiger charge is 2.06.